The van der Waals surface area contributed by atoms with E-state index in [1.807, 2.05) is 23.1 Å². The third-order valence-corrected chi connectivity index (χ3v) is 7.35. The Morgan fingerprint density at radius 3 is 1.82 bits per heavy atom. The lowest BCUT2D eigenvalue weighted by molar-refractivity contribution is -0.124. The predicted molar refractivity (Wildman–Crippen MR) is 143 cm³/mol. The molecule has 1 heterocycles. The number of nitrogens with zero attached hydrogens (tertiary/aromatic N) is 1. The van der Waals surface area contributed by atoms with Gasteiger partial charge in [-0.15, -0.1) is 0 Å². The van der Waals surface area contributed by atoms with Gasteiger partial charge in [0, 0.05) is 23.1 Å². The number of fused-ring (bicyclic) bond motifs is 1. The highest BCUT2D eigenvalue weighted by atomic mass is 79.9. The van der Waals surface area contributed by atoms with Crippen molar-refractivity contribution in [1.82, 2.24) is 0 Å². The maximum atomic E-state index is 12.9. The number of halogens is 1. The molecule has 5 heteroatoms. The molecule has 0 spiro atoms. The standard InChI is InChI=1S/C28H45BrN2O2/c1-2-3-4-5-6-7-8-9-10-11-12-13-14-15-16-17-20-31-26-19-18-23(29)21-24(26)25(28(31)33)22-27(30)32/h18-19,21,25H,2-17,20,22H2,1H3,(H2,30,32). The highest BCUT2D eigenvalue weighted by molar-refractivity contribution is 9.10. The van der Waals surface area contributed by atoms with E-state index < -0.39 is 11.8 Å². The van der Waals surface area contributed by atoms with Crippen LogP contribution in [0.3, 0.4) is 0 Å². The molecule has 0 fully saturated rings. The van der Waals surface area contributed by atoms with Gasteiger partial charge in [-0.3, -0.25) is 9.59 Å². The van der Waals surface area contributed by atoms with Crippen LogP contribution in [0.25, 0.3) is 0 Å². The number of carbonyl (C=O) groups is 2. The number of rotatable bonds is 19. The molecule has 186 valence electrons. The number of carbonyl (C=O) groups excluding carboxylic acids is 2. The molecule has 0 bridgehead atoms. The summed E-state index contributed by atoms with van der Waals surface area (Å²) in [6.07, 6.45) is 21.5. The number of primary amides is 1. The van der Waals surface area contributed by atoms with Gasteiger partial charge < -0.3 is 10.6 Å². The Hall–Kier alpha value is -1.36. The SMILES string of the molecule is CCCCCCCCCCCCCCCCCCN1C(=O)C(CC(N)=O)c2cc(Br)ccc21. The summed E-state index contributed by atoms with van der Waals surface area (Å²) in [4.78, 5) is 26.2. The van der Waals surface area contributed by atoms with Crippen molar-refractivity contribution in [2.45, 2.75) is 122 Å². The first kappa shape index (κ1) is 27.9. The van der Waals surface area contributed by atoms with Crippen molar-refractivity contribution < 1.29 is 9.59 Å². The molecule has 0 saturated heterocycles. The molecule has 2 amide bonds. The molecule has 0 aromatic heterocycles. The van der Waals surface area contributed by atoms with E-state index in [0.717, 1.165) is 35.1 Å². The van der Waals surface area contributed by atoms with Crippen LogP contribution in [-0.2, 0) is 9.59 Å². The van der Waals surface area contributed by atoms with E-state index in [9.17, 15) is 9.59 Å². The monoisotopic (exact) mass is 520 g/mol. The van der Waals surface area contributed by atoms with E-state index in [0.29, 0.717) is 0 Å². The summed E-state index contributed by atoms with van der Waals surface area (Å²) in [6, 6.07) is 5.89. The lowest BCUT2D eigenvalue weighted by Gasteiger charge is -2.18. The van der Waals surface area contributed by atoms with Crippen LogP contribution in [0.4, 0.5) is 5.69 Å². The Bertz CT molecular complexity index is 722. The maximum absolute atomic E-state index is 12.9. The highest BCUT2D eigenvalue weighted by Crippen LogP contribution is 2.40. The van der Waals surface area contributed by atoms with Crippen LogP contribution < -0.4 is 10.6 Å². The minimum Gasteiger partial charge on any atom is -0.370 e. The van der Waals surface area contributed by atoms with Gasteiger partial charge in [-0.2, -0.15) is 0 Å². The molecule has 1 aliphatic heterocycles. The van der Waals surface area contributed by atoms with Crippen LogP contribution in [-0.4, -0.2) is 18.4 Å². The third-order valence-electron chi connectivity index (χ3n) is 6.86. The number of hydrogen-bond acceptors (Lipinski definition) is 2. The van der Waals surface area contributed by atoms with Crippen LogP contribution >= 0.6 is 15.9 Å². The first-order chi connectivity index (χ1) is 16.0. The van der Waals surface area contributed by atoms with Crippen molar-refractivity contribution in [3.8, 4) is 0 Å². The van der Waals surface area contributed by atoms with Crippen LogP contribution in [0.5, 0.6) is 0 Å². The summed E-state index contributed by atoms with van der Waals surface area (Å²) in [5.41, 5.74) is 7.26. The molecule has 0 aliphatic carbocycles. The molecule has 1 aromatic carbocycles. The number of benzene rings is 1. The molecule has 1 aliphatic rings. The largest absolute Gasteiger partial charge is 0.370 e. The normalized spacial score (nSPS) is 15.3. The number of amides is 2. The van der Waals surface area contributed by atoms with Gasteiger partial charge in [0.1, 0.15) is 0 Å². The van der Waals surface area contributed by atoms with E-state index in [1.54, 1.807) is 0 Å². The van der Waals surface area contributed by atoms with Crippen molar-refractivity contribution in [3.05, 3.63) is 28.2 Å². The number of hydrogen-bond donors (Lipinski definition) is 1. The van der Waals surface area contributed by atoms with Crippen molar-refractivity contribution in [3.63, 3.8) is 0 Å². The predicted octanol–water partition coefficient (Wildman–Crippen LogP) is 8.02. The summed E-state index contributed by atoms with van der Waals surface area (Å²) in [6.45, 7) is 3.00. The Morgan fingerprint density at radius 2 is 1.33 bits per heavy atom. The fourth-order valence-electron chi connectivity index (χ4n) is 4.94. The van der Waals surface area contributed by atoms with Crippen LogP contribution in [0.1, 0.15) is 128 Å². The smallest absolute Gasteiger partial charge is 0.235 e. The molecule has 2 N–H and O–H groups in total. The van der Waals surface area contributed by atoms with Gasteiger partial charge in [0.25, 0.3) is 0 Å². The fourth-order valence-corrected chi connectivity index (χ4v) is 5.32. The fraction of sp³-hybridized carbons (Fsp3) is 0.714. The highest BCUT2D eigenvalue weighted by Gasteiger charge is 2.37. The van der Waals surface area contributed by atoms with Crippen LogP contribution in [0.15, 0.2) is 22.7 Å². The topological polar surface area (TPSA) is 63.4 Å². The molecule has 33 heavy (non-hydrogen) atoms. The Morgan fingerprint density at radius 1 is 0.848 bits per heavy atom. The van der Waals surface area contributed by atoms with Gasteiger partial charge in [0.05, 0.1) is 5.92 Å². The average molecular weight is 522 g/mol. The lowest BCUT2D eigenvalue weighted by atomic mass is 9.97. The molecule has 4 nitrogen and oxygen atoms in total. The quantitative estimate of drug-likeness (QED) is 0.187. The number of anilines is 1. The minimum atomic E-state index is -0.434. The molecule has 1 unspecified atom stereocenters. The van der Waals surface area contributed by atoms with Crippen molar-refractivity contribution in [2.24, 2.45) is 5.73 Å². The summed E-state index contributed by atoms with van der Waals surface area (Å²) in [5.74, 6) is -0.845. The second kappa shape index (κ2) is 16.3. The van der Waals surface area contributed by atoms with Gasteiger partial charge in [-0.1, -0.05) is 119 Å². The first-order valence-corrected chi connectivity index (χ1v) is 14.2. The van der Waals surface area contributed by atoms with Gasteiger partial charge in [0.2, 0.25) is 11.8 Å². The van der Waals surface area contributed by atoms with Gasteiger partial charge >= 0.3 is 0 Å². The average Bonchev–Trinajstić information content (AvgIpc) is 3.03. The molecule has 0 saturated carbocycles. The summed E-state index contributed by atoms with van der Waals surface area (Å²) < 4.78 is 0.924. The summed E-state index contributed by atoms with van der Waals surface area (Å²) in [5, 5.41) is 0. The zero-order valence-electron chi connectivity index (χ0n) is 20.8. The van der Waals surface area contributed by atoms with Crippen molar-refractivity contribution >= 4 is 33.4 Å². The third kappa shape index (κ3) is 10.2. The van der Waals surface area contributed by atoms with E-state index in [4.69, 9.17) is 5.73 Å². The van der Waals surface area contributed by atoms with Crippen LogP contribution in [0, 0.1) is 0 Å². The van der Waals surface area contributed by atoms with Crippen molar-refractivity contribution in [2.75, 3.05) is 11.4 Å². The molecule has 1 aromatic rings. The van der Waals surface area contributed by atoms with E-state index in [2.05, 4.69) is 22.9 Å². The Labute approximate surface area is 210 Å². The van der Waals surface area contributed by atoms with E-state index >= 15 is 0 Å². The molecular formula is C28H45BrN2O2. The van der Waals surface area contributed by atoms with Crippen LogP contribution in [0.2, 0.25) is 0 Å². The maximum Gasteiger partial charge on any atom is 0.235 e. The second-order valence-corrected chi connectivity index (χ2v) is 10.6. The van der Waals surface area contributed by atoms with E-state index in [1.165, 1.54) is 89.9 Å². The summed E-state index contributed by atoms with van der Waals surface area (Å²) >= 11 is 3.48. The molecule has 2 rings (SSSR count). The minimum absolute atomic E-state index is 0.0165. The second-order valence-electron chi connectivity index (χ2n) is 9.72. The number of nitrogens with two attached hydrogens (primary N) is 1. The molecule has 0 radical (unpaired) electrons. The Kier molecular flexibility index (Phi) is 13.8. The Balaban J connectivity index is 1.52. The lowest BCUT2D eigenvalue weighted by Crippen LogP contribution is -2.31. The van der Waals surface area contributed by atoms with E-state index in [-0.39, 0.29) is 12.3 Å². The summed E-state index contributed by atoms with van der Waals surface area (Å²) in [7, 11) is 0. The zero-order valence-corrected chi connectivity index (χ0v) is 22.3. The molecular weight excluding hydrogens is 476 g/mol. The van der Waals surface area contributed by atoms with Gasteiger partial charge in [0.15, 0.2) is 0 Å². The molecule has 1 atom stereocenters. The van der Waals surface area contributed by atoms with Gasteiger partial charge in [-0.05, 0) is 30.2 Å². The number of unbranched alkanes of at least 4 members (excludes halogenated alkanes) is 15. The first-order valence-electron chi connectivity index (χ1n) is 13.4. The van der Waals surface area contributed by atoms with Crippen molar-refractivity contribution in [1.29, 1.82) is 0 Å². The zero-order chi connectivity index (χ0) is 23.9. The van der Waals surface area contributed by atoms with Gasteiger partial charge in [-0.25, -0.2) is 0 Å².